The van der Waals surface area contributed by atoms with Gasteiger partial charge in [0.25, 0.3) is 5.91 Å². The van der Waals surface area contributed by atoms with Crippen molar-refractivity contribution in [3.63, 3.8) is 0 Å². The summed E-state index contributed by atoms with van der Waals surface area (Å²) in [5, 5.41) is 3.45. The van der Waals surface area contributed by atoms with Crippen molar-refractivity contribution in [1.82, 2.24) is 4.98 Å². The van der Waals surface area contributed by atoms with E-state index in [2.05, 4.69) is 31.1 Å². The Morgan fingerprint density at radius 2 is 1.85 bits per heavy atom. The standard InChI is InChI=1S/C21H24N2O2S/c1-13-7-6-8-17-18(13)22-20(26-17)23-19(24)14(2)25-16-11-9-15(10-12-16)21(3,4)5/h6-12,14H,1-5H3,(H,22,23,24). The van der Waals surface area contributed by atoms with Crippen LogP contribution < -0.4 is 10.1 Å². The fourth-order valence-electron chi connectivity index (χ4n) is 2.64. The first kappa shape index (κ1) is 18.4. The largest absolute Gasteiger partial charge is 0.481 e. The van der Waals surface area contributed by atoms with Crippen LogP contribution in [0.25, 0.3) is 10.2 Å². The van der Waals surface area contributed by atoms with Crippen LogP contribution >= 0.6 is 11.3 Å². The predicted octanol–water partition coefficient (Wildman–Crippen LogP) is 5.31. The summed E-state index contributed by atoms with van der Waals surface area (Å²) < 4.78 is 6.84. The maximum Gasteiger partial charge on any atom is 0.266 e. The molecule has 1 atom stereocenters. The molecule has 4 nitrogen and oxygen atoms in total. The molecule has 0 spiro atoms. The van der Waals surface area contributed by atoms with E-state index in [-0.39, 0.29) is 11.3 Å². The highest BCUT2D eigenvalue weighted by atomic mass is 32.1. The van der Waals surface area contributed by atoms with Gasteiger partial charge in [0.1, 0.15) is 5.75 Å². The van der Waals surface area contributed by atoms with Crippen molar-refractivity contribution in [1.29, 1.82) is 0 Å². The molecule has 1 unspecified atom stereocenters. The van der Waals surface area contributed by atoms with Crippen LogP contribution in [0.2, 0.25) is 0 Å². The van der Waals surface area contributed by atoms with Crippen LogP contribution in [0.5, 0.6) is 5.75 Å². The van der Waals surface area contributed by atoms with Crippen LogP contribution in [0.3, 0.4) is 0 Å². The zero-order chi connectivity index (χ0) is 18.9. The van der Waals surface area contributed by atoms with Gasteiger partial charge in [0, 0.05) is 0 Å². The summed E-state index contributed by atoms with van der Waals surface area (Å²) in [7, 11) is 0. The minimum absolute atomic E-state index is 0.0898. The number of ether oxygens (including phenoxy) is 1. The number of thiazole rings is 1. The lowest BCUT2D eigenvalue weighted by atomic mass is 9.87. The summed E-state index contributed by atoms with van der Waals surface area (Å²) >= 11 is 1.47. The Hall–Kier alpha value is -2.40. The van der Waals surface area contributed by atoms with Crippen LogP contribution in [0.1, 0.15) is 38.8 Å². The number of para-hydroxylation sites is 1. The Balaban J connectivity index is 1.66. The predicted molar refractivity (Wildman–Crippen MR) is 108 cm³/mol. The number of hydrogen-bond donors (Lipinski definition) is 1. The zero-order valence-electron chi connectivity index (χ0n) is 15.8. The zero-order valence-corrected chi connectivity index (χ0v) is 16.6. The summed E-state index contributed by atoms with van der Waals surface area (Å²) in [6.07, 6.45) is -0.608. The molecule has 1 aromatic heterocycles. The molecule has 0 aliphatic rings. The maximum atomic E-state index is 12.4. The maximum absolute atomic E-state index is 12.4. The quantitative estimate of drug-likeness (QED) is 0.679. The van der Waals surface area contributed by atoms with Crippen molar-refractivity contribution in [3.8, 4) is 5.75 Å². The van der Waals surface area contributed by atoms with Gasteiger partial charge < -0.3 is 4.74 Å². The number of carbonyl (C=O) groups is 1. The Morgan fingerprint density at radius 3 is 2.46 bits per heavy atom. The Morgan fingerprint density at radius 1 is 1.15 bits per heavy atom. The first-order valence-corrected chi connectivity index (χ1v) is 9.50. The SMILES string of the molecule is Cc1cccc2sc(NC(=O)C(C)Oc3ccc(C(C)(C)C)cc3)nc12. The number of nitrogens with zero attached hydrogens (tertiary/aromatic N) is 1. The van der Waals surface area contributed by atoms with Crippen LogP contribution in [0.15, 0.2) is 42.5 Å². The molecule has 0 saturated heterocycles. The average Bonchev–Trinajstić information content (AvgIpc) is 2.98. The molecule has 1 amide bonds. The van der Waals surface area contributed by atoms with Crippen molar-refractivity contribution in [2.24, 2.45) is 0 Å². The van der Waals surface area contributed by atoms with Crippen molar-refractivity contribution < 1.29 is 9.53 Å². The van der Waals surface area contributed by atoms with Gasteiger partial charge in [-0.2, -0.15) is 0 Å². The molecule has 3 rings (SSSR count). The van der Waals surface area contributed by atoms with E-state index in [1.54, 1.807) is 6.92 Å². The van der Waals surface area contributed by atoms with E-state index in [1.807, 2.05) is 49.4 Å². The van der Waals surface area contributed by atoms with Crippen molar-refractivity contribution in [3.05, 3.63) is 53.6 Å². The summed E-state index contributed by atoms with van der Waals surface area (Å²) in [6, 6.07) is 13.9. The summed E-state index contributed by atoms with van der Waals surface area (Å²) in [4.78, 5) is 16.9. The number of aryl methyl sites for hydroxylation is 1. The number of nitrogens with one attached hydrogen (secondary N) is 1. The van der Waals surface area contributed by atoms with E-state index >= 15 is 0 Å². The number of amides is 1. The average molecular weight is 369 g/mol. The molecule has 1 N–H and O–H groups in total. The highest BCUT2D eigenvalue weighted by molar-refractivity contribution is 7.22. The number of anilines is 1. The van der Waals surface area contributed by atoms with Gasteiger partial charge in [-0.15, -0.1) is 0 Å². The fraction of sp³-hybridized carbons (Fsp3) is 0.333. The first-order valence-electron chi connectivity index (χ1n) is 8.68. The van der Waals surface area contributed by atoms with Crippen LogP contribution in [0.4, 0.5) is 5.13 Å². The lowest BCUT2D eigenvalue weighted by Gasteiger charge is -2.20. The molecule has 0 radical (unpaired) electrons. The summed E-state index contributed by atoms with van der Waals surface area (Å²) in [5.74, 6) is 0.474. The molecule has 3 aromatic rings. The number of hydrogen-bond acceptors (Lipinski definition) is 4. The second kappa shape index (κ2) is 7.08. The van der Waals surface area contributed by atoms with Crippen LogP contribution in [0, 0.1) is 6.92 Å². The Labute approximate surface area is 158 Å². The number of benzene rings is 2. The third-order valence-electron chi connectivity index (χ3n) is 4.25. The number of aromatic nitrogens is 1. The monoisotopic (exact) mass is 368 g/mol. The Kier molecular flexibility index (Phi) is 5.01. The van der Waals surface area contributed by atoms with Gasteiger partial charge in [0.05, 0.1) is 10.2 Å². The molecule has 0 bridgehead atoms. The van der Waals surface area contributed by atoms with Gasteiger partial charge >= 0.3 is 0 Å². The van der Waals surface area contributed by atoms with Crippen molar-refractivity contribution >= 4 is 32.6 Å². The van der Waals surface area contributed by atoms with Gasteiger partial charge in [-0.25, -0.2) is 4.98 Å². The molecule has 0 saturated carbocycles. The van der Waals surface area contributed by atoms with E-state index in [0.29, 0.717) is 10.9 Å². The van der Waals surface area contributed by atoms with Gasteiger partial charge in [-0.05, 0) is 48.6 Å². The van der Waals surface area contributed by atoms with E-state index in [1.165, 1.54) is 16.9 Å². The van der Waals surface area contributed by atoms with E-state index in [9.17, 15) is 4.79 Å². The van der Waals surface area contributed by atoms with Gasteiger partial charge in [0.2, 0.25) is 0 Å². The molecule has 136 valence electrons. The second-order valence-electron chi connectivity index (χ2n) is 7.46. The smallest absolute Gasteiger partial charge is 0.266 e. The minimum atomic E-state index is -0.608. The molecular formula is C21H24N2O2S. The highest BCUT2D eigenvalue weighted by Crippen LogP contribution is 2.28. The second-order valence-corrected chi connectivity index (χ2v) is 8.50. The molecule has 26 heavy (non-hydrogen) atoms. The van der Waals surface area contributed by atoms with E-state index in [4.69, 9.17) is 4.74 Å². The third kappa shape index (κ3) is 4.05. The summed E-state index contributed by atoms with van der Waals surface area (Å²) in [6.45, 7) is 10.3. The number of fused-ring (bicyclic) bond motifs is 1. The van der Waals surface area contributed by atoms with Crippen LogP contribution in [-0.2, 0) is 10.2 Å². The van der Waals surface area contributed by atoms with Gasteiger partial charge in [-0.3, -0.25) is 10.1 Å². The Bertz CT molecular complexity index is 923. The lowest BCUT2D eigenvalue weighted by molar-refractivity contribution is -0.122. The highest BCUT2D eigenvalue weighted by Gasteiger charge is 2.18. The molecule has 0 fully saturated rings. The molecular weight excluding hydrogens is 344 g/mol. The van der Waals surface area contributed by atoms with Crippen LogP contribution in [-0.4, -0.2) is 17.0 Å². The van der Waals surface area contributed by atoms with E-state index in [0.717, 1.165) is 15.8 Å². The van der Waals surface area contributed by atoms with E-state index < -0.39 is 6.10 Å². The topological polar surface area (TPSA) is 51.2 Å². The number of carbonyl (C=O) groups excluding carboxylic acids is 1. The first-order chi connectivity index (χ1) is 12.2. The van der Waals surface area contributed by atoms with Crippen molar-refractivity contribution in [2.45, 2.75) is 46.1 Å². The normalized spacial score (nSPS) is 12.8. The lowest BCUT2D eigenvalue weighted by Crippen LogP contribution is -2.30. The summed E-state index contributed by atoms with van der Waals surface area (Å²) in [5.41, 5.74) is 3.35. The fourth-order valence-corrected chi connectivity index (χ4v) is 3.58. The minimum Gasteiger partial charge on any atom is -0.481 e. The molecule has 1 heterocycles. The van der Waals surface area contributed by atoms with Crippen molar-refractivity contribution in [2.75, 3.05) is 5.32 Å². The third-order valence-corrected chi connectivity index (χ3v) is 5.19. The van der Waals surface area contributed by atoms with Gasteiger partial charge in [0.15, 0.2) is 11.2 Å². The number of rotatable bonds is 4. The van der Waals surface area contributed by atoms with Gasteiger partial charge in [-0.1, -0.05) is 56.4 Å². The molecule has 0 aliphatic carbocycles. The molecule has 0 aliphatic heterocycles. The molecule has 2 aromatic carbocycles. The molecule has 5 heteroatoms.